The van der Waals surface area contributed by atoms with Crippen LogP contribution in [0.25, 0.3) is 0 Å². The van der Waals surface area contributed by atoms with Crippen LogP contribution in [0.1, 0.15) is 29.7 Å². The van der Waals surface area contributed by atoms with E-state index in [2.05, 4.69) is 10.6 Å². The quantitative estimate of drug-likeness (QED) is 0.813. The number of nitrogens with one attached hydrogen (secondary N) is 2. The summed E-state index contributed by atoms with van der Waals surface area (Å²) in [5, 5.41) is 6.07. The van der Waals surface area contributed by atoms with Gasteiger partial charge in [0.05, 0.1) is 23.5 Å². The van der Waals surface area contributed by atoms with E-state index in [1.165, 1.54) is 0 Å². The number of halogens is 1. The maximum atomic E-state index is 12.6. The van der Waals surface area contributed by atoms with Crippen molar-refractivity contribution in [1.29, 1.82) is 0 Å². The van der Waals surface area contributed by atoms with E-state index in [-0.39, 0.29) is 18.4 Å². The molecule has 0 aliphatic heterocycles. The zero-order valence-electron chi connectivity index (χ0n) is 13.6. The van der Waals surface area contributed by atoms with E-state index < -0.39 is 5.41 Å². The molecule has 1 heterocycles. The van der Waals surface area contributed by atoms with Gasteiger partial charge >= 0.3 is 0 Å². The number of carbonyl (C=O) groups excluding carboxylic acids is 2. The van der Waals surface area contributed by atoms with Crippen LogP contribution in [0, 0.1) is 19.3 Å². The average Bonchev–Trinajstić information content (AvgIpc) is 3.18. The van der Waals surface area contributed by atoms with Crippen LogP contribution in [0.4, 0.5) is 5.69 Å². The summed E-state index contributed by atoms with van der Waals surface area (Å²) in [6, 6.07) is 7.26. The van der Waals surface area contributed by atoms with Gasteiger partial charge in [0, 0.05) is 0 Å². The van der Waals surface area contributed by atoms with Gasteiger partial charge in [-0.25, -0.2) is 0 Å². The minimum atomic E-state index is -1.01. The van der Waals surface area contributed by atoms with Crippen LogP contribution in [0.3, 0.4) is 0 Å². The molecule has 5 nitrogen and oxygen atoms in total. The molecule has 1 aromatic carbocycles. The van der Waals surface area contributed by atoms with Gasteiger partial charge in [-0.1, -0.05) is 17.7 Å². The highest BCUT2D eigenvalue weighted by molar-refractivity contribution is 6.34. The molecule has 1 saturated carbocycles. The molecule has 0 saturated heterocycles. The van der Waals surface area contributed by atoms with Crippen LogP contribution in [0.2, 0.25) is 5.02 Å². The highest BCUT2D eigenvalue weighted by Gasteiger charge is 2.56. The molecule has 3 rings (SSSR count). The third-order valence-corrected chi connectivity index (χ3v) is 4.59. The van der Waals surface area contributed by atoms with Crippen LogP contribution in [0.15, 0.2) is 34.9 Å². The van der Waals surface area contributed by atoms with Crippen LogP contribution >= 0.6 is 11.6 Å². The first-order valence-corrected chi connectivity index (χ1v) is 8.19. The van der Waals surface area contributed by atoms with Crippen molar-refractivity contribution < 1.29 is 14.0 Å². The Morgan fingerprint density at radius 1 is 1.25 bits per heavy atom. The first-order chi connectivity index (χ1) is 11.4. The lowest BCUT2D eigenvalue weighted by atomic mass is 10.0. The predicted octanol–water partition coefficient (Wildman–Crippen LogP) is 3.58. The molecule has 1 aliphatic rings. The summed E-state index contributed by atoms with van der Waals surface area (Å²) in [6.45, 7) is 4.09. The normalized spacial score (nSPS) is 15.0. The molecular weight excluding hydrogens is 328 g/mol. The number of hydrogen-bond donors (Lipinski definition) is 2. The van der Waals surface area contributed by atoms with Crippen molar-refractivity contribution in [3.05, 3.63) is 52.4 Å². The second-order valence-corrected chi connectivity index (χ2v) is 6.64. The second kappa shape index (κ2) is 6.32. The highest BCUT2D eigenvalue weighted by Crippen LogP contribution is 2.47. The summed E-state index contributed by atoms with van der Waals surface area (Å²) < 4.78 is 5.18. The van der Waals surface area contributed by atoms with Gasteiger partial charge < -0.3 is 15.1 Å². The molecule has 0 radical (unpaired) electrons. The van der Waals surface area contributed by atoms with Crippen molar-refractivity contribution in [2.45, 2.75) is 33.2 Å². The number of anilines is 1. The van der Waals surface area contributed by atoms with E-state index in [1.54, 1.807) is 24.5 Å². The zero-order valence-corrected chi connectivity index (χ0v) is 14.4. The minimum Gasteiger partial charge on any atom is -0.467 e. The summed E-state index contributed by atoms with van der Waals surface area (Å²) in [4.78, 5) is 25.1. The number of benzene rings is 1. The van der Waals surface area contributed by atoms with Crippen molar-refractivity contribution in [3.63, 3.8) is 0 Å². The average molecular weight is 347 g/mol. The van der Waals surface area contributed by atoms with Gasteiger partial charge in [0.15, 0.2) is 0 Å². The van der Waals surface area contributed by atoms with Gasteiger partial charge in [0.25, 0.3) is 0 Å². The van der Waals surface area contributed by atoms with Crippen molar-refractivity contribution in [2.24, 2.45) is 5.41 Å². The zero-order chi connectivity index (χ0) is 17.3. The summed E-state index contributed by atoms with van der Waals surface area (Å²) in [7, 11) is 0. The summed E-state index contributed by atoms with van der Waals surface area (Å²) in [5.74, 6) is 0.0579. The first kappa shape index (κ1) is 16.6. The van der Waals surface area contributed by atoms with E-state index in [0.717, 1.165) is 11.1 Å². The smallest absolute Gasteiger partial charge is 0.240 e. The molecule has 2 aromatic rings. The number of rotatable bonds is 5. The Bertz CT molecular complexity index is 757. The van der Waals surface area contributed by atoms with Gasteiger partial charge in [0.2, 0.25) is 11.8 Å². The van der Waals surface area contributed by atoms with Gasteiger partial charge in [-0.2, -0.15) is 0 Å². The molecule has 0 spiro atoms. The fraction of sp³-hybridized carbons (Fsp3) is 0.333. The lowest BCUT2D eigenvalue weighted by Crippen LogP contribution is -2.39. The molecule has 6 heteroatoms. The Kier molecular flexibility index (Phi) is 4.37. The fourth-order valence-electron chi connectivity index (χ4n) is 2.74. The van der Waals surface area contributed by atoms with Crippen molar-refractivity contribution in [3.8, 4) is 0 Å². The largest absolute Gasteiger partial charge is 0.467 e. The van der Waals surface area contributed by atoms with Crippen molar-refractivity contribution in [2.75, 3.05) is 5.32 Å². The van der Waals surface area contributed by atoms with Gasteiger partial charge in [-0.3, -0.25) is 9.59 Å². The lowest BCUT2D eigenvalue weighted by Gasteiger charge is -2.17. The summed E-state index contributed by atoms with van der Waals surface area (Å²) in [5.41, 5.74) is 1.46. The fourth-order valence-corrected chi connectivity index (χ4v) is 3.11. The van der Waals surface area contributed by atoms with E-state index >= 15 is 0 Å². The van der Waals surface area contributed by atoms with E-state index in [4.69, 9.17) is 16.0 Å². The highest BCUT2D eigenvalue weighted by atomic mass is 35.5. The lowest BCUT2D eigenvalue weighted by molar-refractivity contribution is -0.134. The number of carbonyl (C=O) groups is 2. The maximum Gasteiger partial charge on any atom is 0.240 e. The molecule has 24 heavy (non-hydrogen) atoms. The predicted molar refractivity (Wildman–Crippen MR) is 91.8 cm³/mol. The first-order valence-electron chi connectivity index (χ1n) is 7.81. The molecule has 1 aliphatic carbocycles. The van der Waals surface area contributed by atoms with Gasteiger partial charge in [-0.05, 0) is 56.0 Å². The SMILES string of the molecule is Cc1cc(C)c(NC(=O)C2(C(=O)NCc3ccco3)CC2)c(Cl)c1. The molecule has 1 fully saturated rings. The molecule has 2 amide bonds. The molecule has 2 N–H and O–H groups in total. The molecule has 0 bridgehead atoms. The van der Waals surface area contributed by atoms with Gasteiger partial charge in [-0.15, -0.1) is 0 Å². The number of furan rings is 1. The van der Waals surface area contributed by atoms with Crippen LogP contribution in [-0.4, -0.2) is 11.8 Å². The van der Waals surface area contributed by atoms with Crippen molar-refractivity contribution >= 4 is 29.1 Å². The number of aryl methyl sites for hydroxylation is 2. The minimum absolute atomic E-state index is 0.269. The second-order valence-electron chi connectivity index (χ2n) is 6.24. The van der Waals surface area contributed by atoms with E-state index in [0.29, 0.717) is 29.3 Å². The molecule has 0 unspecified atom stereocenters. The Hall–Kier alpha value is -2.27. The standard InChI is InChI=1S/C18H19ClN2O3/c1-11-8-12(2)15(14(19)9-11)21-17(23)18(5-6-18)16(22)20-10-13-4-3-7-24-13/h3-4,7-9H,5-6,10H2,1-2H3,(H,20,22)(H,21,23). The molecule has 126 valence electrons. The summed E-state index contributed by atoms with van der Waals surface area (Å²) in [6.07, 6.45) is 2.61. The third kappa shape index (κ3) is 3.17. The maximum absolute atomic E-state index is 12.6. The Morgan fingerprint density at radius 2 is 2.00 bits per heavy atom. The molecule has 0 atom stereocenters. The number of hydrogen-bond acceptors (Lipinski definition) is 3. The van der Waals surface area contributed by atoms with Crippen LogP contribution < -0.4 is 10.6 Å². The Balaban J connectivity index is 1.69. The van der Waals surface area contributed by atoms with Crippen LogP contribution in [0.5, 0.6) is 0 Å². The Labute approximate surface area is 145 Å². The van der Waals surface area contributed by atoms with Crippen LogP contribution in [-0.2, 0) is 16.1 Å². The third-order valence-electron chi connectivity index (χ3n) is 4.29. The van der Waals surface area contributed by atoms with E-state index in [9.17, 15) is 9.59 Å². The Morgan fingerprint density at radius 3 is 2.58 bits per heavy atom. The monoisotopic (exact) mass is 346 g/mol. The summed E-state index contributed by atoms with van der Waals surface area (Å²) >= 11 is 6.23. The topological polar surface area (TPSA) is 71.3 Å². The van der Waals surface area contributed by atoms with Crippen molar-refractivity contribution in [1.82, 2.24) is 5.32 Å². The van der Waals surface area contributed by atoms with Gasteiger partial charge in [0.1, 0.15) is 11.2 Å². The molecule has 1 aromatic heterocycles. The molecular formula is C18H19ClN2O3. The van der Waals surface area contributed by atoms with E-state index in [1.807, 2.05) is 19.9 Å². The number of amides is 2.